The van der Waals surface area contributed by atoms with Crippen molar-refractivity contribution in [3.8, 4) is 0 Å². The molecule has 3 rings (SSSR count). The van der Waals surface area contributed by atoms with E-state index in [4.69, 9.17) is 20.8 Å². The molecule has 130 valence electrons. The Morgan fingerprint density at radius 3 is 2.84 bits per heavy atom. The van der Waals surface area contributed by atoms with Crippen LogP contribution in [0.1, 0.15) is 30.6 Å². The first-order valence-corrected chi connectivity index (χ1v) is 8.29. The minimum Gasteiger partial charge on any atom is -0.465 e. The maximum atomic E-state index is 13.5. The van der Waals surface area contributed by atoms with Crippen molar-refractivity contribution < 1.29 is 23.1 Å². The molecule has 0 saturated heterocycles. The van der Waals surface area contributed by atoms with Crippen LogP contribution in [0.3, 0.4) is 0 Å². The van der Waals surface area contributed by atoms with Gasteiger partial charge in [-0.25, -0.2) is 4.39 Å². The van der Waals surface area contributed by atoms with Gasteiger partial charge in [-0.3, -0.25) is 9.59 Å². The molecular weight excluding hydrogens is 347 g/mol. The maximum Gasteiger partial charge on any atom is 0.317 e. The van der Waals surface area contributed by atoms with Crippen molar-refractivity contribution in [3.63, 3.8) is 0 Å². The Bertz CT molecular complexity index is 826. The summed E-state index contributed by atoms with van der Waals surface area (Å²) in [5.41, 5.74) is 1.29. The van der Waals surface area contributed by atoms with E-state index in [9.17, 15) is 14.0 Å². The van der Waals surface area contributed by atoms with Crippen LogP contribution in [0, 0.1) is 11.7 Å². The number of esters is 1. The van der Waals surface area contributed by atoms with Gasteiger partial charge in [-0.2, -0.15) is 0 Å². The third-order valence-electron chi connectivity index (χ3n) is 4.22. The molecule has 1 heterocycles. The lowest BCUT2D eigenvalue weighted by atomic mass is 9.74. The molecule has 25 heavy (non-hydrogen) atoms. The van der Waals surface area contributed by atoms with E-state index in [1.54, 1.807) is 19.1 Å². The van der Waals surface area contributed by atoms with Crippen LogP contribution in [0.25, 0.3) is 5.57 Å². The van der Waals surface area contributed by atoms with E-state index in [1.807, 2.05) is 0 Å². The number of rotatable bonds is 4. The zero-order valence-electron chi connectivity index (χ0n) is 13.5. The molecule has 0 radical (unpaired) electrons. The van der Waals surface area contributed by atoms with E-state index < -0.39 is 23.6 Å². The SMILES string of the molecule is CCOC(=O)[C@@H]1C(=O)C=C(c2ccco2)C[C@H]1c1ccc(F)c(Cl)c1. The highest BCUT2D eigenvalue weighted by molar-refractivity contribution is 6.30. The summed E-state index contributed by atoms with van der Waals surface area (Å²) in [5, 5.41) is -0.0540. The predicted octanol–water partition coefficient (Wildman–Crippen LogP) is 4.39. The number of carbonyl (C=O) groups is 2. The topological polar surface area (TPSA) is 56.5 Å². The summed E-state index contributed by atoms with van der Waals surface area (Å²) in [6, 6.07) is 7.69. The van der Waals surface area contributed by atoms with Crippen LogP contribution < -0.4 is 0 Å². The molecule has 1 aliphatic rings. The molecule has 1 aromatic heterocycles. The van der Waals surface area contributed by atoms with Gasteiger partial charge in [0.25, 0.3) is 0 Å². The van der Waals surface area contributed by atoms with Gasteiger partial charge in [0.05, 0.1) is 17.9 Å². The van der Waals surface area contributed by atoms with Gasteiger partial charge in [-0.1, -0.05) is 17.7 Å². The summed E-state index contributed by atoms with van der Waals surface area (Å²) >= 11 is 5.88. The Labute approximate surface area is 149 Å². The van der Waals surface area contributed by atoms with E-state index in [0.717, 1.165) is 0 Å². The van der Waals surface area contributed by atoms with Crippen molar-refractivity contribution in [3.05, 3.63) is 64.8 Å². The number of allylic oxidation sites excluding steroid dienone is 2. The Morgan fingerprint density at radius 2 is 2.20 bits per heavy atom. The van der Waals surface area contributed by atoms with Crippen molar-refractivity contribution in [1.29, 1.82) is 0 Å². The smallest absolute Gasteiger partial charge is 0.317 e. The Morgan fingerprint density at radius 1 is 1.40 bits per heavy atom. The summed E-state index contributed by atoms with van der Waals surface area (Å²) in [6.07, 6.45) is 3.31. The fourth-order valence-corrected chi connectivity index (χ4v) is 3.26. The lowest BCUT2D eigenvalue weighted by Gasteiger charge is -2.28. The number of hydrogen-bond acceptors (Lipinski definition) is 4. The molecule has 0 amide bonds. The van der Waals surface area contributed by atoms with Crippen LogP contribution in [0.15, 0.2) is 47.1 Å². The molecule has 0 fully saturated rings. The van der Waals surface area contributed by atoms with E-state index in [1.165, 1.54) is 30.5 Å². The first-order valence-electron chi connectivity index (χ1n) is 7.91. The van der Waals surface area contributed by atoms with Crippen molar-refractivity contribution in [2.45, 2.75) is 19.3 Å². The van der Waals surface area contributed by atoms with Crippen LogP contribution in [0.5, 0.6) is 0 Å². The van der Waals surface area contributed by atoms with E-state index >= 15 is 0 Å². The molecular formula is C19H16ClFO4. The number of benzene rings is 1. The van der Waals surface area contributed by atoms with E-state index in [-0.39, 0.29) is 17.4 Å². The van der Waals surface area contributed by atoms with Gasteiger partial charge in [-0.05, 0) is 54.8 Å². The fourth-order valence-electron chi connectivity index (χ4n) is 3.07. The summed E-state index contributed by atoms with van der Waals surface area (Å²) in [6.45, 7) is 1.85. The lowest BCUT2D eigenvalue weighted by molar-refractivity contribution is -0.151. The van der Waals surface area contributed by atoms with Crippen molar-refractivity contribution >= 4 is 28.9 Å². The average molecular weight is 363 g/mol. The van der Waals surface area contributed by atoms with Crippen molar-refractivity contribution in [2.75, 3.05) is 6.61 Å². The summed E-state index contributed by atoms with van der Waals surface area (Å²) < 4.78 is 23.9. The zero-order valence-corrected chi connectivity index (χ0v) is 14.3. The second-order valence-electron chi connectivity index (χ2n) is 5.76. The Balaban J connectivity index is 2.03. The van der Waals surface area contributed by atoms with Gasteiger partial charge in [-0.15, -0.1) is 0 Å². The van der Waals surface area contributed by atoms with Gasteiger partial charge < -0.3 is 9.15 Å². The average Bonchev–Trinajstić information content (AvgIpc) is 3.11. The van der Waals surface area contributed by atoms with E-state index in [2.05, 4.69) is 0 Å². The summed E-state index contributed by atoms with van der Waals surface area (Å²) in [4.78, 5) is 25.0. The van der Waals surface area contributed by atoms with Crippen LogP contribution in [0.4, 0.5) is 4.39 Å². The first-order chi connectivity index (χ1) is 12.0. The standard InChI is InChI=1S/C19H16ClFO4/c1-2-24-19(23)18-13(11-5-6-15(21)14(20)9-11)8-12(10-16(18)22)17-4-3-7-25-17/h3-7,9-10,13,18H,2,8H2,1H3/t13-,18-/m0/s1. The van der Waals surface area contributed by atoms with Crippen molar-refractivity contribution in [2.24, 2.45) is 5.92 Å². The number of furan rings is 1. The molecule has 0 spiro atoms. The molecule has 0 aliphatic heterocycles. The molecule has 1 aliphatic carbocycles. The highest BCUT2D eigenvalue weighted by Crippen LogP contribution is 2.41. The fraction of sp³-hybridized carbons (Fsp3) is 0.263. The van der Waals surface area contributed by atoms with E-state index in [0.29, 0.717) is 23.3 Å². The number of ether oxygens (including phenoxy) is 1. The predicted molar refractivity (Wildman–Crippen MR) is 90.6 cm³/mol. The second kappa shape index (κ2) is 7.23. The molecule has 1 aromatic carbocycles. The number of ketones is 1. The van der Waals surface area contributed by atoms with Gasteiger partial charge in [0, 0.05) is 5.92 Å². The monoisotopic (exact) mass is 362 g/mol. The van der Waals surface area contributed by atoms with Gasteiger partial charge in [0.1, 0.15) is 17.5 Å². The third-order valence-corrected chi connectivity index (χ3v) is 4.50. The first kappa shape index (κ1) is 17.4. The Hall–Kier alpha value is -2.40. The third kappa shape index (κ3) is 3.51. The molecule has 6 heteroatoms. The van der Waals surface area contributed by atoms with Gasteiger partial charge in [0.2, 0.25) is 0 Å². The summed E-state index contributed by atoms with van der Waals surface area (Å²) in [7, 11) is 0. The normalized spacial score (nSPS) is 20.3. The van der Waals surface area contributed by atoms with Gasteiger partial charge in [0.15, 0.2) is 5.78 Å². The molecule has 2 atom stereocenters. The zero-order chi connectivity index (χ0) is 18.0. The minimum absolute atomic E-state index is 0.0540. The summed E-state index contributed by atoms with van der Waals surface area (Å²) in [5.74, 6) is -2.43. The largest absolute Gasteiger partial charge is 0.465 e. The quantitative estimate of drug-likeness (QED) is 0.598. The Kier molecular flexibility index (Phi) is 5.04. The molecule has 0 bridgehead atoms. The minimum atomic E-state index is -0.986. The number of hydrogen-bond donors (Lipinski definition) is 0. The molecule has 2 aromatic rings. The highest BCUT2D eigenvalue weighted by Gasteiger charge is 2.40. The molecule has 0 N–H and O–H groups in total. The number of carbonyl (C=O) groups excluding carboxylic acids is 2. The van der Waals surface area contributed by atoms with Crippen LogP contribution in [-0.4, -0.2) is 18.4 Å². The molecule has 4 nitrogen and oxygen atoms in total. The van der Waals surface area contributed by atoms with Crippen LogP contribution in [-0.2, 0) is 14.3 Å². The van der Waals surface area contributed by atoms with Crippen LogP contribution >= 0.6 is 11.6 Å². The van der Waals surface area contributed by atoms with Gasteiger partial charge >= 0.3 is 5.97 Å². The molecule has 0 saturated carbocycles. The maximum absolute atomic E-state index is 13.5. The van der Waals surface area contributed by atoms with Crippen LogP contribution in [0.2, 0.25) is 5.02 Å². The highest BCUT2D eigenvalue weighted by atomic mass is 35.5. The second-order valence-corrected chi connectivity index (χ2v) is 6.17. The lowest BCUT2D eigenvalue weighted by Crippen LogP contribution is -2.34. The number of halogens is 2. The van der Waals surface area contributed by atoms with Crippen molar-refractivity contribution in [1.82, 2.24) is 0 Å². The molecule has 0 unspecified atom stereocenters.